The molecule has 2 aromatic carbocycles. The van der Waals surface area contributed by atoms with Crippen LogP contribution in [0.1, 0.15) is 43.7 Å². The molecular formula is C27H34N2O3. The van der Waals surface area contributed by atoms with E-state index in [1.807, 2.05) is 11.8 Å². The summed E-state index contributed by atoms with van der Waals surface area (Å²) in [4.78, 5) is 27.9. The standard InChI is InChI=1S/C27H34N2O3/c1-3-28-26(31)27(13-15-29(16-14-27)25(30)24-12-7-17-32-24)19-21-9-6-10-22(18-21)23-11-5-4-8-20(23)2/h4-6,8-11,18,24H,3,7,12-17,19H2,1-2H3,(H,28,31)/t24-/m1/s1. The minimum absolute atomic E-state index is 0.0912. The number of nitrogens with zero attached hydrogens (tertiary/aromatic N) is 1. The lowest BCUT2D eigenvalue weighted by Gasteiger charge is -2.41. The molecule has 0 aliphatic carbocycles. The Kier molecular flexibility index (Phi) is 6.95. The minimum atomic E-state index is -0.492. The number of carbonyl (C=O) groups excluding carboxylic acids is 2. The summed E-state index contributed by atoms with van der Waals surface area (Å²) in [5, 5.41) is 3.06. The van der Waals surface area contributed by atoms with Crippen molar-refractivity contribution in [2.45, 2.75) is 52.1 Å². The van der Waals surface area contributed by atoms with Crippen molar-refractivity contribution in [3.63, 3.8) is 0 Å². The number of hydrogen-bond acceptors (Lipinski definition) is 3. The highest BCUT2D eigenvalue weighted by atomic mass is 16.5. The van der Waals surface area contributed by atoms with Gasteiger partial charge in [0.25, 0.3) is 5.91 Å². The Balaban J connectivity index is 1.53. The smallest absolute Gasteiger partial charge is 0.251 e. The molecule has 2 aromatic rings. The lowest BCUT2D eigenvalue weighted by molar-refractivity contribution is -0.146. The van der Waals surface area contributed by atoms with Gasteiger partial charge in [0, 0.05) is 26.2 Å². The maximum atomic E-state index is 13.2. The van der Waals surface area contributed by atoms with Crippen molar-refractivity contribution in [1.82, 2.24) is 10.2 Å². The average molecular weight is 435 g/mol. The van der Waals surface area contributed by atoms with Gasteiger partial charge in [0.05, 0.1) is 5.41 Å². The van der Waals surface area contributed by atoms with E-state index in [0.717, 1.165) is 18.4 Å². The molecule has 2 saturated heterocycles. The van der Waals surface area contributed by atoms with Gasteiger partial charge >= 0.3 is 0 Å². The fraction of sp³-hybridized carbons (Fsp3) is 0.481. The van der Waals surface area contributed by atoms with E-state index in [1.165, 1.54) is 16.7 Å². The molecule has 5 nitrogen and oxygen atoms in total. The Morgan fingerprint density at radius 1 is 1.12 bits per heavy atom. The van der Waals surface area contributed by atoms with Gasteiger partial charge < -0.3 is 15.0 Å². The van der Waals surface area contributed by atoms with Crippen molar-refractivity contribution in [2.75, 3.05) is 26.2 Å². The van der Waals surface area contributed by atoms with Gasteiger partial charge in [-0.3, -0.25) is 9.59 Å². The Morgan fingerprint density at radius 3 is 2.59 bits per heavy atom. The van der Waals surface area contributed by atoms with E-state index in [2.05, 4.69) is 60.8 Å². The van der Waals surface area contributed by atoms with E-state index in [0.29, 0.717) is 45.5 Å². The van der Waals surface area contributed by atoms with Crippen LogP contribution in [0.15, 0.2) is 48.5 Å². The molecule has 0 spiro atoms. The predicted octanol–water partition coefficient (Wildman–Crippen LogP) is 4.13. The maximum Gasteiger partial charge on any atom is 0.251 e. The van der Waals surface area contributed by atoms with Crippen LogP contribution >= 0.6 is 0 Å². The van der Waals surface area contributed by atoms with Gasteiger partial charge in [-0.1, -0.05) is 48.5 Å². The molecule has 0 aromatic heterocycles. The summed E-state index contributed by atoms with van der Waals surface area (Å²) >= 11 is 0. The van der Waals surface area contributed by atoms with Crippen LogP contribution in [0.3, 0.4) is 0 Å². The number of ether oxygens (including phenoxy) is 1. The number of piperidine rings is 1. The Morgan fingerprint density at radius 2 is 1.91 bits per heavy atom. The summed E-state index contributed by atoms with van der Waals surface area (Å²) in [5.74, 6) is 0.194. The molecule has 0 saturated carbocycles. The van der Waals surface area contributed by atoms with E-state index < -0.39 is 5.41 Å². The van der Waals surface area contributed by atoms with E-state index in [4.69, 9.17) is 4.74 Å². The number of aryl methyl sites for hydroxylation is 1. The summed E-state index contributed by atoms with van der Waals surface area (Å²) in [6, 6.07) is 16.9. The van der Waals surface area contributed by atoms with E-state index >= 15 is 0 Å². The van der Waals surface area contributed by atoms with Crippen LogP contribution in [-0.2, 0) is 20.7 Å². The number of nitrogens with one attached hydrogen (secondary N) is 1. The molecule has 2 amide bonds. The highest BCUT2D eigenvalue weighted by Crippen LogP contribution is 2.37. The third kappa shape index (κ3) is 4.73. The van der Waals surface area contributed by atoms with Crippen LogP contribution in [0.2, 0.25) is 0 Å². The molecule has 0 radical (unpaired) electrons. The van der Waals surface area contributed by atoms with Crippen molar-refractivity contribution in [3.8, 4) is 11.1 Å². The second kappa shape index (κ2) is 9.86. The van der Waals surface area contributed by atoms with Crippen molar-refractivity contribution >= 4 is 11.8 Å². The topological polar surface area (TPSA) is 58.6 Å². The fourth-order valence-corrected chi connectivity index (χ4v) is 5.10. The number of rotatable bonds is 6. The Bertz CT molecular complexity index is 957. The van der Waals surface area contributed by atoms with Gasteiger partial charge in [0.15, 0.2) is 0 Å². The summed E-state index contributed by atoms with van der Waals surface area (Å²) in [7, 11) is 0. The Labute approximate surface area is 191 Å². The van der Waals surface area contributed by atoms with Crippen LogP contribution in [0, 0.1) is 12.3 Å². The highest BCUT2D eigenvalue weighted by molar-refractivity contribution is 5.85. The molecule has 5 heteroatoms. The van der Waals surface area contributed by atoms with Crippen molar-refractivity contribution in [3.05, 3.63) is 59.7 Å². The normalized spacial score (nSPS) is 20.2. The fourth-order valence-electron chi connectivity index (χ4n) is 5.10. The SMILES string of the molecule is CCNC(=O)C1(Cc2cccc(-c3ccccc3C)c2)CCN(C(=O)[C@H]2CCCO2)CC1. The van der Waals surface area contributed by atoms with E-state index in [9.17, 15) is 9.59 Å². The summed E-state index contributed by atoms with van der Waals surface area (Å²) < 4.78 is 5.60. The summed E-state index contributed by atoms with van der Waals surface area (Å²) in [6.07, 6.45) is 3.49. The van der Waals surface area contributed by atoms with Gasteiger partial charge in [0.1, 0.15) is 6.10 Å². The molecule has 1 N–H and O–H groups in total. The predicted molar refractivity (Wildman–Crippen MR) is 126 cm³/mol. The first-order valence-electron chi connectivity index (χ1n) is 11.9. The van der Waals surface area contributed by atoms with Gasteiger partial charge in [0.2, 0.25) is 5.91 Å². The van der Waals surface area contributed by atoms with E-state index in [-0.39, 0.29) is 17.9 Å². The third-order valence-electron chi connectivity index (χ3n) is 6.98. The molecule has 0 bridgehead atoms. The quantitative estimate of drug-likeness (QED) is 0.744. The maximum absolute atomic E-state index is 13.2. The lowest BCUT2D eigenvalue weighted by atomic mass is 9.72. The zero-order chi connectivity index (χ0) is 22.6. The monoisotopic (exact) mass is 434 g/mol. The van der Waals surface area contributed by atoms with E-state index in [1.54, 1.807) is 0 Å². The molecule has 2 aliphatic rings. The van der Waals surface area contributed by atoms with Gasteiger partial charge in [-0.25, -0.2) is 0 Å². The summed E-state index contributed by atoms with van der Waals surface area (Å²) in [5.41, 5.74) is 4.31. The molecule has 170 valence electrons. The van der Waals surface area contributed by atoms with Crippen LogP contribution in [-0.4, -0.2) is 49.1 Å². The molecule has 32 heavy (non-hydrogen) atoms. The van der Waals surface area contributed by atoms with Crippen molar-refractivity contribution < 1.29 is 14.3 Å². The highest BCUT2D eigenvalue weighted by Gasteiger charge is 2.43. The van der Waals surface area contributed by atoms with Crippen LogP contribution in [0.4, 0.5) is 0 Å². The number of carbonyl (C=O) groups is 2. The van der Waals surface area contributed by atoms with Gasteiger partial charge in [-0.05, 0) is 68.2 Å². The summed E-state index contributed by atoms with van der Waals surface area (Å²) in [6.45, 7) is 6.58. The molecule has 0 unspecified atom stereocenters. The third-order valence-corrected chi connectivity index (χ3v) is 6.98. The van der Waals surface area contributed by atoms with Crippen LogP contribution in [0.5, 0.6) is 0 Å². The molecule has 2 fully saturated rings. The largest absolute Gasteiger partial charge is 0.368 e. The number of likely N-dealkylation sites (tertiary alicyclic amines) is 1. The molecule has 4 rings (SSSR count). The van der Waals surface area contributed by atoms with Crippen molar-refractivity contribution in [1.29, 1.82) is 0 Å². The first kappa shape index (κ1) is 22.5. The van der Waals surface area contributed by atoms with Gasteiger partial charge in [-0.2, -0.15) is 0 Å². The molecular weight excluding hydrogens is 400 g/mol. The number of hydrogen-bond donors (Lipinski definition) is 1. The Hall–Kier alpha value is -2.66. The lowest BCUT2D eigenvalue weighted by Crippen LogP contribution is -2.52. The molecule has 2 aliphatic heterocycles. The first-order valence-corrected chi connectivity index (χ1v) is 11.9. The van der Waals surface area contributed by atoms with Gasteiger partial charge in [-0.15, -0.1) is 0 Å². The molecule has 2 heterocycles. The number of benzene rings is 2. The second-order valence-electron chi connectivity index (χ2n) is 9.16. The molecule has 1 atom stereocenters. The zero-order valence-electron chi connectivity index (χ0n) is 19.2. The zero-order valence-corrected chi connectivity index (χ0v) is 19.2. The minimum Gasteiger partial charge on any atom is -0.368 e. The average Bonchev–Trinajstić information content (AvgIpc) is 3.35. The van der Waals surface area contributed by atoms with Crippen molar-refractivity contribution in [2.24, 2.45) is 5.41 Å². The van der Waals surface area contributed by atoms with Crippen LogP contribution in [0.25, 0.3) is 11.1 Å². The number of amides is 2. The van der Waals surface area contributed by atoms with Crippen LogP contribution < -0.4 is 5.32 Å². The first-order chi connectivity index (χ1) is 15.5. The second-order valence-corrected chi connectivity index (χ2v) is 9.16.